The normalized spacial score (nSPS) is 28.7. The lowest BCUT2D eigenvalue weighted by atomic mass is 10.0. The summed E-state index contributed by atoms with van der Waals surface area (Å²) in [7, 11) is 2.20. The maximum Gasteiger partial charge on any atom is 0.149 e. The Labute approximate surface area is 105 Å². The van der Waals surface area contributed by atoms with E-state index in [0.717, 1.165) is 32.5 Å². The van der Waals surface area contributed by atoms with Crippen LogP contribution in [-0.2, 0) is 4.79 Å². The van der Waals surface area contributed by atoms with E-state index in [0.29, 0.717) is 24.3 Å². The lowest BCUT2D eigenvalue weighted by Gasteiger charge is -2.39. The van der Waals surface area contributed by atoms with Crippen molar-refractivity contribution in [2.45, 2.75) is 45.1 Å². The minimum absolute atomic E-state index is 0.384. The molecule has 2 rings (SSSR count). The third-order valence-corrected chi connectivity index (χ3v) is 4.52. The maximum atomic E-state index is 12.1. The van der Waals surface area contributed by atoms with Gasteiger partial charge in [0.15, 0.2) is 0 Å². The number of carbonyl (C=O) groups excluding carboxylic acids is 1. The molecular formula is C14H26N2O. The lowest BCUT2D eigenvalue weighted by Crippen LogP contribution is -2.52. The fraction of sp³-hybridized carbons (Fsp3) is 0.929. The predicted molar refractivity (Wildman–Crippen MR) is 70.1 cm³/mol. The fourth-order valence-electron chi connectivity index (χ4n) is 3.19. The number of hydrogen-bond donors (Lipinski definition) is 0. The number of Topliss-reactive ketones (excluding diaryl/α,β-unsaturated/α-hetero) is 1. The summed E-state index contributed by atoms with van der Waals surface area (Å²) in [5, 5.41) is 0. The van der Waals surface area contributed by atoms with E-state index in [1.807, 2.05) is 0 Å². The molecule has 0 aromatic carbocycles. The highest BCUT2D eigenvalue weighted by Gasteiger charge is 2.28. The predicted octanol–water partition coefficient (Wildman–Crippen LogP) is 1.77. The van der Waals surface area contributed by atoms with Crippen LogP contribution in [0.25, 0.3) is 0 Å². The van der Waals surface area contributed by atoms with Gasteiger partial charge < -0.3 is 4.90 Å². The van der Waals surface area contributed by atoms with Crippen molar-refractivity contribution in [3.8, 4) is 0 Å². The Hall–Kier alpha value is -0.410. The number of likely N-dealkylation sites (N-methyl/N-ethyl adjacent to an activating group) is 1. The molecule has 0 N–H and O–H groups in total. The highest BCUT2D eigenvalue weighted by molar-refractivity contribution is 5.83. The molecule has 0 bridgehead atoms. The third-order valence-electron chi connectivity index (χ3n) is 4.52. The molecule has 0 aromatic rings. The Balaban J connectivity index is 1.80. The minimum atomic E-state index is 0.384. The van der Waals surface area contributed by atoms with Gasteiger partial charge in [0.05, 0.1) is 6.54 Å². The molecule has 1 aliphatic heterocycles. The first-order chi connectivity index (χ1) is 8.20. The van der Waals surface area contributed by atoms with E-state index in [1.165, 1.54) is 19.3 Å². The van der Waals surface area contributed by atoms with Gasteiger partial charge in [-0.15, -0.1) is 0 Å². The summed E-state index contributed by atoms with van der Waals surface area (Å²) < 4.78 is 0. The maximum absolute atomic E-state index is 12.1. The third kappa shape index (κ3) is 3.29. The lowest BCUT2D eigenvalue weighted by molar-refractivity contribution is -0.124. The standard InChI is InChI=1S/C14H26N2O/c1-3-13-10-16(9-8-15(13)2)11-14(17)12-6-4-5-7-12/h12-13H,3-11H2,1-2H3. The first kappa shape index (κ1) is 13.0. The van der Waals surface area contributed by atoms with Crippen LogP contribution in [0.4, 0.5) is 0 Å². The van der Waals surface area contributed by atoms with E-state index in [1.54, 1.807) is 0 Å². The quantitative estimate of drug-likeness (QED) is 0.746. The summed E-state index contributed by atoms with van der Waals surface area (Å²) in [5.41, 5.74) is 0. The Morgan fingerprint density at radius 1 is 1.24 bits per heavy atom. The molecule has 2 aliphatic rings. The molecule has 3 nitrogen and oxygen atoms in total. The summed E-state index contributed by atoms with van der Waals surface area (Å²) in [4.78, 5) is 16.9. The number of piperazine rings is 1. The van der Waals surface area contributed by atoms with Crippen LogP contribution in [-0.4, -0.2) is 54.9 Å². The minimum Gasteiger partial charge on any atom is -0.301 e. The van der Waals surface area contributed by atoms with Gasteiger partial charge in [0, 0.05) is 31.6 Å². The zero-order chi connectivity index (χ0) is 12.3. The van der Waals surface area contributed by atoms with Crippen molar-refractivity contribution >= 4 is 5.78 Å². The van der Waals surface area contributed by atoms with Gasteiger partial charge in [0.2, 0.25) is 0 Å². The molecule has 0 aromatic heterocycles. The molecule has 1 unspecified atom stereocenters. The van der Waals surface area contributed by atoms with Crippen LogP contribution < -0.4 is 0 Å². The highest BCUT2D eigenvalue weighted by atomic mass is 16.1. The van der Waals surface area contributed by atoms with Gasteiger partial charge in [-0.05, 0) is 26.3 Å². The molecule has 3 heteroatoms. The summed E-state index contributed by atoms with van der Waals surface area (Å²) >= 11 is 0. The van der Waals surface area contributed by atoms with Gasteiger partial charge >= 0.3 is 0 Å². The van der Waals surface area contributed by atoms with Crippen molar-refractivity contribution in [2.75, 3.05) is 33.2 Å². The Kier molecular flexibility index (Phi) is 4.57. The fourth-order valence-corrected chi connectivity index (χ4v) is 3.19. The van der Waals surface area contributed by atoms with Crippen molar-refractivity contribution in [3.63, 3.8) is 0 Å². The van der Waals surface area contributed by atoms with E-state index in [2.05, 4.69) is 23.8 Å². The number of nitrogens with zero attached hydrogens (tertiary/aromatic N) is 2. The second-order valence-corrected chi connectivity index (χ2v) is 5.73. The Bertz CT molecular complexity index is 261. The number of rotatable bonds is 4. The van der Waals surface area contributed by atoms with Crippen molar-refractivity contribution < 1.29 is 4.79 Å². The van der Waals surface area contributed by atoms with Gasteiger partial charge in [-0.25, -0.2) is 0 Å². The van der Waals surface area contributed by atoms with Crippen LogP contribution >= 0.6 is 0 Å². The molecule has 1 heterocycles. The van der Waals surface area contributed by atoms with E-state index in [4.69, 9.17) is 0 Å². The van der Waals surface area contributed by atoms with Crippen molar-refractivity contribution in [1.82, 2.24) is 9.80 Å². The van der Waals surface area contributed by atoms with Gasteiger partial charge in [-0.2, -0.15) is 0 Å². The molecular weight excluding hydrogens is 212 g/mol. The van der Waals surface area contributed by atoms with Crippen molar-refractivity contribution in [1.29, 1.82) is 0 Å². The molecule has 1 aliphatic carbocycles. The number of ketones is 1. The largest absolute Gasteiger partial charge is 0.301 e. The first-order valence-corrected chi connectivity index (χ1v) is 7.16. The van der Waals surface area contributed by atoms with E-state index < -0.39 is 0 Å². The van der Waals surface area contributed by atoms with Gasteiger partial charge in [0.1, 0.15) is 5.78 Å². The van der Waals surface area contributed by atoms with Crippen LogP contribution in [0.15, 0.2) is 0 Å². The molecule has 0 amide bonds. The molecule has 0 spiro atoms. The van der Waals surface area contributed by atoms with Gasteiger partial charge in [-0.1, -0.05) is 19.8 Å². The molecule has 98 valence electrons. The summed E-state index contributed by atoms with van der Waals surface area (Å²) in [5.74, 6) is 0.886. The average Bonchev–Trinajstić information content (AvgIpc) is 2.85. The van der Waals surface area contributed by atoms with Crippen LogP contribution in [0.3, 0.4) is 0 Å². The van der Waals surface area contributed by atoms with Crippen LogP contribution in [0.1, 0.15) is 39.0 Å². The average molecular weight is 238 g/mol. The number of carbonyl (C=O) groups is 1. The van der Waals surface area contributed by atoms with Crippen molar-refractivity contribution in [2.24, 2.45) is 5.92 Å². The molecule has 1 saturated carbocycles. The van der Waals surface area contributed by atoms with E-state index in [-0.39, 0.29) is 0 Å². The van der Waals surface area contributed by atoms with Gasteiger partial charge in [0.25, 0.3) is 0 Å². The van der Waals surface area contributed by atoms with E-state index in [9.17, 15) is 4.79 Å². The zero-order valence-electron chi connectivity index (χ0n) is 11.3. The number of hydrogen-bond acceptors (Lipinski definition) is 3. The Morgan fingerprint density at radius 2 is 1.94 bits per heavy atom. The zero-order valence-corrected chi connectivity index (χ0v) is 11.3. The summed E-state index contributed by atoms with van der Waals surface area (Å²) in [6.45, 7) is 6.19. The molecule has 1 saturated heterocycles. The molecule has 2 fully saturated rings. The highest BCUT2D eigenvalue weighted by Crippen LogP contribution is 2.26. The van der Waals surface area contributed by atoms with Crippen molar-refractivity contribution in [3.05, 3.63) is 0 Å². The first-order valence-electron chi connectivity index (χ1n) is 7.16. The Morgan fingerprint density at radius 3 is 2.59 bits per heavy atom. The second kappa shape index (κ2) is 5.96. The summed E-state index contributed by atoms with van der Waals surface area (Å²) in [6, 6.07) is 0.639. The molecule has 17 heavy (non-hydrogen) atoms. The van der Waals surface area contributed by atoms with Crippen LogP contribution in [0.2, 0.25) is 0 Å². The molecule has 1 atom stereocenters. The second-order valence-electron chi connectivity index (χ2n) is 5.73. The van der Waals surface area contributed by atoms with Crippen LogP contribution in [0, 0.1) is 5.92 Å². The molecule has 0 radical (unpaired) electrons. The van der Waals surface area contributed by atoms with E-state index >= 15 is 0 Å². The van der Waals surface area contributed by atoms with Gasteiger partial charge in [-0.3, -0.25) is 9.69 Å². The summed E-state index contributed by atoms with van der Waals surface area (Å²) in [6.07, 6.45) is 5.99. The topological polar surface area (TPSA) is 23.6 Å². The SMILES string of the molecule is CCC1CN(CC(=O)C2CCCC2)CCN1C. The van der Waals surface area contributed by atoms with Crippen LogP contribution in [0.5, 0.6) is 0 Å². The smallest absolute Gasteiger partial charge is 0.149 e. The monoisotopic (exact) mass is 238 g/mol.